The number of carbonyl (C=O) groups excluding carboxylic acids is 5. The number of hydrogen-bond donors (Lipinski definition) is 5. The van der Waals surface area contributed by atoms with Crippen LogP contribution in [0.4, 0.5) is 4.79 Å². The van der Waals surface area contributed by atoms with Crippen molar-refractivity contribution < 1.29 is 28.7 Å². The third-order valence-corrected chi connectivity index (χ3v) is 7.39. The van der Waals surface area contributed by atoms with Crippen molar-refractivity contribution in [3.63, 3.8) is 0 Å². The van der Waals surface area contributed by atoms with Gasteiger partial charge >= 0.3 is 6.09 Å². The maximum absolute atomic E-state index is 13.9. The average Bonchev–Trinajstić information content (AvgIpc) is 3.51. The number of aldehydes is 1. The maximum atomic E-state index is 13.9. The molecule has 0 aromatic heterocycles. The third kappa shape index (κ3) is 6.08. The van der Waals surface area contributed by atoms with Gasteiger partial charge in [0.2, 0.25) is 17.7 Å². The van der Waals surface area contributed by atoms with Crippen molar-refractivity contribution >= 4 is 30.1 Å². The molecule has 0 aromatic rings. The molecular formula is C26H45N5O6. The van der Waals surface area contributed by atoms with Crippen LogP contribution < -0.4 is 27.4 Å². The lowest BCUT2D eigenvalue weighted by molar-refractivity contribution is -0.146. The van der Waals surface area contributed by atoms with Gasteiger partial charge in [-0.3, -0.25) is 14.4 Å². The smallest absolute Gasteiger partial charge is 0.408 e. The van der Waals surface area contributed by atoms with Crippen LogP contribution in [0.25, 0.3) is 0 Å². The van der Waals surface area contributed by atoms with Gasteiger partial charge in [-0.1, -0.05) is 27.7 Å². The van der Waals surface area contributed by atoms with E-state index in [2.05, 4.69) is 16.0 Å². The van der Waals surface area contributed by atoms with Crippen LogP contribution in [0.1, 0.15) is 81.6 Å². The Morgan fingerprint density at radius 3 is 2.03 bits per heavy atom. The molecule has 1 aliphatic heterocycles. The summed E-state index contributed by atoms with van der Waals surface area (Å²) in [7, 11) is 0. The molecule has 4 amide bonds. The first kappa shape index (κ1) is 30.5. The molecule has 37 heavy (non-hydrogen) atoms. The molecule has 3 unspecified atom stereocenters. The Bertz CT molecular complexity index is 948. The van der Waals surface area contributed by atoms with Crippen molar-refractivity contribution in [2.75, 3.05) is 0 Å². The summed E-state index contributed by atoms with van der Waals surface area (Å²) in [6.45, 7) is 15.4. The molecule has 0 aromatic carbocycles. The van der Waals surface area contributed by atoms with Crippen LogP contribution in [0, 0.1) is 23.2 Å². The van der Waals surface area contributed by atoms with Gasteiger partial charge in [0.05, 0.1) is 11.5 Å². The lowest BCUT2D eigenvalue weighted by Gasteiger charge is -2.52. The lowest BCUT2D eigenvalue weighted by atomic mass is 9.59. The van der Waals surface area contributed by atoms with E-state index in [4.69, 9.17) is 16.2 Å². The molecule has 5 atom stereocenters. The van der Waals surface area contributed by atoms with Crippen molar-refractivity contribution in [3.05, 3.63) is 0 Å². The molecule has 7 N–H and O–H groups in total. The summed E-state index contributed by atoms with van der Waals surface area (Å²) in [5, 5.41) is 8.21. The lowest BCUT2D eigenvalue weighted by Crippen LogP contribution is -2.82. The van der Waals surface area contributed by atoms with Crippen LogP contribution in [0.3, 0.4) is 0 Å². The van der Waals surface area contributed by atoms with Crippen molar-refractivity contribution in [1.29, 1.82) is 0 Å². The molecule has 0 radical (unpaired) electrons. The zero-order valence-electron chi connectivity index (χ0n) is 23.6. The molecule has 1 saturated heterocycles. The van der Waals surface area contributed by atoms with Crippen molar-refractivity contribution in [2.24, 2.45) is 34.6 Å². The molecule has 11 nitrogen and oxygen atoms in total. The summed E-state index contributed by atoms with van der Waals surface area (Å²) in [4.78, 5) is 65.3. The Labute approximate surface area is 219 Å². The number of ether oxygens (including phenoxy) is 1. The zero-order chi connectivity index (χ0) is 28.8. The number of primary amides is 1. The van der Waals surface area contributed by atoms with Gasteiger partial charge in [-0.2, -0.15) is 0 Å². The van der Waals surface area contributed by atoms with Gasteiger partial charge in [0, 0.05) is 11.5 Å². The van der Waals surface area contributed by atoms with E-state index in [1.165, 1.54) is 6.92 Å². The SMILES string of the molecule is CC(C=O)[C@@](NC(=O)C(NC(=O)OC(C)(C)C)C(C)(C)C)(C(N)=O)C(N)(C1CC1)[C@H]1CC(C)(C)NC1=O. The largest absolute Gasteiger partial charge is 0.444 e. The average molecular weight is 524 g/mol. The second-order valence-corrected chi connectivity index (χ2v) is 13.4. The molecule has 2 fully saturated rings. The van der Waals surface area contributed by atoms with Crippen LogP contribution in [0.2, 0.25) is 0 Å². The van der Waals surface area contributed by atoms with Gasteiger partial charge in [0.25, 0.3) is 0 Å². The minimum absolute atomic E-state index is 0.286. The molecule has 11 heteroatoms. The van der Waals surface area contributed by atoms with Crippen LogP contribution in [-0.2, 0) is 23.9 Å². The Morgan fingerprint density at radius 2 is 1.68 bits per heavy atom. The Kier molecular flexibility index (Phi) is 8.16. The van der Waals surface area contributed by atoms with Gasteiger partial charge < -0.3 is 36.9 Å². The predicted molar refractivity (Wildman–Crippen MR) is 138 cm³/mol. The molecule has 2 aliphatic rings. The molecular weight excluding hydrogens is 478 g/mol. The monoisotopic (exact) mass is 523 g/mol. The number of nitrogens with one attached hydrogen (secondary N) is 3. The van der Waals surface area contributed by atoms with E-state index >= 15 is 0 Å². The molecule has 1 aliphatic carbocycles. The summed E-state index contributed by atoms with van der Waals surface area (Å²) in [5.74, 6) is -4.54. The Morgan fingerprint density at radius 1 is 1.14 bits per heavy atom. The summed E-state index contributed by atoms with van der Waals surface area (Å²) < 4.78 is 5.34. The molecule has 210 valence electrons. The molecule has 0 spiro atoms. The highest BCUT2D eigenvalue weighted by atomic mass is 16.6. The van der Waals surface area contributed by atoms with E-state index in [9.17, 15) is 24.0 Å². The van der Waals surface area contributed by atoms with Crippen molar-refractivity contribution in [1.82, 2.24) is 16.0 Å². The number of alkyl carbamates (subject to hydrolysis) is 1. The maximum Gasteiger partial charge on any atom is 0.408 e. The van der Waals surface area contributed by atoms with Gasteiger partial charge in [-0.05, 0) is 65.2 Å². The van der Waals surface area contributed by atoms with Crippen molar-refractivity contribution in [2.45, 2.75) is 110 Å². The highest BCUT2D eigenvalue weighted by Gasteiger charge is 2.69. The fourth-order valence-electron chi connectivity index (χ4n) is 5.49. The standard InChI is InChI=1S/C26H45N5O6/c1-14(13-32)26(20(27)35,25(28,15-10-11-15)16-12-24(8,9)30-18(16)33)31-19(34)17(22(2,3)4)29-21(36)37-23(5,6)7/h13-17H,10-12,28H2,1-9H3,(H2,27,35)(H,29,36)(H,30,33)(H,31,34)/t14?,16-,17?,25?,26+/m0/s1. The highest BCUT2D eigenvalue weighted by molar-refractivity contribution is 5.98. The highest BCUT2D eigenvalue weighted by Crippen LogP contribution is 2.53. The van der Waals surface area contributed by atoms with Crippen LogP contribution in [0.15, 0.2) is 0 Å². The van der Waals surface area contributed by atoms with E-state index in [-0.39, 0.29) is 18.2 Å². The number of rotatable bonds is 9. The number of carbonyl (C=O) groups is 5. The normalized spacial score (nSPS) is 24.5. The first-order valence-electron chi connectivity index (χ1n) is 12.8. The summed E-state index contributed by atoms with van der Waals surface area (Å²) in [5.41, 5.74) is 7.05. The zero-order valence-corrected chi connectivity index (χ0v) is 23.6. The second kappa shape index (κ2) is 9.89. The third-order valence-electron chi connectivity index (χ3n) is 7.39. The number of hydrogen-bond acceptors (Lipinski definition) is 7. The summed E-state index contributed by atoms with van der Waals surface area (Å²) in [6, 6.07) is -1.18. The molecule has 1 heterocycles. The van der Waals surface area contributed by atoms with E-state index in [0.717, 1.165) is 0 Å². The molecule has 2 rings (SSSR count). The van der Waals surface area contributed by atoms with E-state index < -0.39 is 63.4 Å². The first-order valence-corrected chi connectivity index (χ1v) is 12.8. The Balaban J connectivity index is 2.63. The topological polar surface area (TPSA) is 183 Å². The second-order valence-electron chi connectivity index (χ2n) is 13.4. The van der Waals surface area contributed by atoms with Gasteiger partial charge in [0.1, 0.15) is 23.5 Å². The Hall–Kier alpha value is -2.69. The number of amides is 4. The van der Waals surface area contributed by atoms with Crippen LogP contribution in [-0.4, -0.2) is 58.4 Å². The van der Waals surface area contributed by atoms with E-state index in [1.807, 2.05) is 13.8 Å². The predicted octanol–water partition coefficient (Wildman–Crippen LogP) is 1.12. The number of nitrogens with two attached hydrogens (primary N) is 2. The van der Waals surface area contributed by atoms with Gasteiger partial charge in [0.15, 0.2) is 0 Å². The summed E-state index contributed by atoms with van der Waals surface area (Å²) >= 11 is 0. The van der Waals surface area contributed by atoms with Gasteiger partial charge in [-0.25, -0.2) is 4.79 Å². The first-order chi connectivity index (χ1) is 16.6. The van der Waals surface area contributed by atoms with E-state index in [1.54, 1.807) is 41.5 Å². The fourth-order valence-corrected chi connectivity index (χ4v) is 5.49. The van der Waals surface area contributed by atoms with Crippen molar-refractivity contribution in [3.8, 4) is 0 Å². The van der Waals surface area contributed by atoms with Crippen LogP contribution >= 0.6 is 0 Å². The fraction of sp³-hybridized carbons (Fsp3) is 0.808. The molecule has 0 bridgehead atoms. The quantitative estimate of drug-likeness (QED) is 0.280. The molecule has 1 saturated carbocycles. The summed E-state index contributed by atoms with van der Waals surface area (Å²) in [6.07, 6.45) is 1.19. The van der Waals surface area contributed by atoms with Gasteiger partial charge in [-0.15, -0.1) is 0 Å². The minimum atomic E-state index is -2.10. The minimum Gasteiger partial charge on any atom is -0.444 e. The van der Waals surface area contributed by atoms with E-state index in [0.29, 0.717) is 19.1 Å². The van der Waals surface area contributed by atoms with Crippen LogP contribution in [0.5, 0.6) is 0 Å².